The molecule has 0 atom stereocenters. The molecule has 0 unspecified atom stereocenters. The Morgan fingerprint density at radius 3 is 1.54 bits per heavy atom. The number of carbonyl (C=O) groups is 1. The minimum absolute atomic E-state index is 0.650. The molecule has 0 bridgehead atoms. The summed E-state index contributed by atoms with van der Waals surface area (Å²) < 4.78 is 3.77. The summed E-state index contributed by atoms with van der Waals surface area (Å²) in [5, 5.41) is 11.3. The smallest absolute Gasteiger partial charge is 0.150 e. The van der Waals surface area contributed by atoms with Gasteiger partial charge in [0.1, 0.15) is 6.29 Å². The van der Waals surface area contributed by atoms with Crippen molar-refractivity contribution in [3.8, 4) is 11.4 Å². The van der Waals surface area contributed by atoms with Crippen LogP contribution in [0.1, 0.15) is 27.0 Å². The van der Waals surface area contributed by atoms with Crippen molar-refractivity contribution in [3.05, 3.63) is 120 Å². The first-order valence-corrected chi connectivity index (χ1v) is 11.5. The Hall–Kier alpha value is -4.51. The molecule has 4 aromatic carbocycles. The molecule has 0 radical (unpaired) electrons. The lowest BCUT2D eigenvalue weighted by molar-refractivity contribution is 0.112. The molecule has 0 amide bonds. The molecular formula is C30H26N4O. The third kappa shape index (κ3) is 4.89. The Morgan fingerprint density at radius 2 is 1.03 bits per heavy atom. The number of rotatable bonds is 3. The van der Waals surface area contributed by atoms with Gasteiger partial charge in [0.2, 0.25) is 0 Å². The number of aryl methyl sites for hydroxylation is 3. The Labute approximate surface area is 204 Å². The van der Waals surface area contributed by atoms with Gasteiger partial charge in [-0.25, -0.2) is 9.36 Å². The van der Waals surface area contributed by atoms with E-state index in [1.807, 2.05) is 33.8 Å². The number of nitrogens with zero attached hydrogens (tertiary/aromatic N) is 4. The average Bonchev–Trinajstić information content (AvgIpc) is 3.48. The van der Waals surface area contributed by atoms with Crippen LogP contribution < -0.4 is 0 Å². The summed E-state index contributed by atoms with van der Waals surface area (Å²) in [7, 11) is 0. The number of hydrogen-bond acceptors (Lipinski definition) is 3. The highest BCUT2D eigenvalue weighted by molar-refractivity contribution is 5.86. The molecule has 2 aromatic heterocycles. The standard InChI is InChI=1S/C15H12N2O.C15H14N2/c1-11-2-6-14(7-3-11)17-9-13-5-4-12(10-18)8-15(13)16-17;1-11-4-7-14(8-5-11)17-10-13-6-3-12(2)9-15(13)16-17/h2-10H,1H3;3-10H,1-2H3. The van der Waals surface area contributed by atoms with E-state index < -0.39 is 0 Å². The van der Waals surface area contributed by atoms with Crippen molar-refractivity contribution < 1.29 is 4.79 Å². The highest BCUT2D eigenvalue weighted by Crippen LogP contribution is 2.18. The summed E-state index contributed by atoms with van der Waals surface area (Å²) in [6, 6.07) is 28.4. The van der Waals surface area contributed by atoms with Gasteiger partial charge in [-0.15, -0.1) is 0 Å². The zero-order valence-corrected chi connectivity index (χ0v) is 20.0. The normalized spacial score (nSPS) is 10.8. The van der Waals surface area contributed by atoms with E-state index in [2.05, 4.69) is 91.8 Å². The van der Waals surface area contributed by atoms with Crippen LogP contribution in [0.3, 0.4) is 0 Å². The van der Waals surface area contributed by atoms with Crippen LogP contribution in [-0.2, 0) is 0 Å². The van der Waals surface area contributed by atoms with Crippen molar-refractivity contribution in [2.24, 2.45) is 0 Å². The fourth-order valence-corrected chi connectivity index (χ4v) is 3.89. The summed E-state index contributed by atoms with van der Waals surface area (Å²) in [6.07, 6.45) is 4.87. The Kier molecular flexibility index (Phi) is 5.98. The maximum atomic E-state index is 10.7. The SMILES string of the molecule is Cc1ccc(-n2cc3ccc(C)cc3n2)cc1.Cc1ccc(-n2cc3ccc(C=O)cc3n2)cc1. The van der Waals surface area contributed by atoms with Crippen LogP contribution in [0.15, 0.2) is 97.3 Å². The second kappa shape index (κ2) is 9.39. The number of hydrogen-bond donors (Lipinski definition) is 0. The molecular weight excluding hydrogens is 432 g/mol. The van der Waals surface area contributed by atoms with E-state index in [-0.39, 0.29) is 0 Å². The molecule has 0 aliphatic carbocycles. The Balaban J connectivity index is 0.000000145. The molecule has 0 fully saturated rings. The molecule has 6 rings (SSSR count). The van der Waals surface area contributed by atoms with Crippen LogP contribution in [-0.4, -0.2) is 25.8 Å². The zero-order valence-electron chi connectivity index (χ0n) is 20.0. The van der Waals surface area contributed by atoms with Gasteiger partial charge in [0.25, 0.3) is 0 Å². The molecule has 35 heavy (non-hydrogen) atoms. The van der Waals surface area contributed by atoms with Crippen LogP contribution in [0.2, 0.25) is 0 Å². The molecule has 5 nitrogen and oxygen atoms in total. The lowest BCUT2D eigenvalue weighted by atomic mass is 10.2. The van der Waals surface area contributed by atoms with E-state index in [1.165, 1.54) is 22.1 Å². The van der Waals surface area contributed by atoms with E-state index in [0.29, 0.717) is 5.56 Å². The molecule has 0 aliphatic heterocycles. The largest absolute Gasteiger partial charge is 0.298 e. The van der Waals surface area contributed by atoms with Gasteiger partial charge in [-0.05, 0) is 62.7 Å². The molecule has 0 saturated carbocycles. The van der Waals surface area contributed by atoms with Crippen molar-refractivity contribution in [2.75, 3.05) is 0 Å². The maximum Gasteiger partial charge on any atom is 0.150 e. The second-order valence-electron chi connectivity index (χ2n) is 8.82. The van der Waals surface area contributed by atoms with Crippen molar-refractivity contribution in [3.63, 3.8) is 0 Å². The van der Waals surface area contributed by atoms with Gasteiger partial charge in [0.15, 0.2) is 0 Å². The van der Waals surface area contributed by atoms with Crippen molar-refractivity contribution in [1.82, 2.24) is 19.6 Å². The molecule has 5 heteroatoms. The quantitative estimate of drug-likeness (QED) is 0.274. The number of aldehydes is 1. The van der Waals surface area contributed by atoms with E-state index in [4.69, 9.17) is 0 Å². The van der Waals surface area contributed by atoms with Crippen molar-refractivity contribution in [1.29, 1.82) is 0 Å². The first-order valence-electron chi connectivity index (χ1n) is 11.5. The first kappa shape index (κ1) is 22.3. The van der Waals surface area contributed by atoms with E-state index in [0.717, 1.165) is 34.1 Å². The Bertz CT molecular complexity index is 1620. The molecule has 0 N–H and O–H groups in total. The lowest BCUT2D eigenvalue weighted by Gasteiger charge is -2.00. The van der Waals surface area contributed by atoms with Gasteiger partial charge < -0.3 is 0 Å². The summed E-state index contributed by atoms with van der Waals surface area (Å²) in [5.41, 5.74) is 8.38. The molecule has 6 aromatic rings. The van der Waals surface area contributed by atoms with E-state index >= 15 is 0 Å². The average molecular weight is 459 g/mol. The topological polar surface area (TPSA) is 52.7 Å². The third-order valence-corrected chi connectivity index (χ3v) is 5.93. The van der Waals surface area contributed by atoms with Crippen LogP contribution >= 0.6 is 0 Å². The monoisotopic (exact) mass is 458 g/mol. The number of benzene rings is 4. The van der Waals surface area contributed by atoms with Crippen LogP contribution in [0, 0.1) is 20.8 Å². The molecule has 0 aliphatic rings. The van der Waals surface area contributed by atoms with Gasteiger partial charge in [-0.1, -0.05) is 59.7 Å². The minimum Gasteiger partial charge on any atom is -0.298 e. The highest BCUT2D eigenvalue weighted by Gasteiger charge is 2.04. The predicted molar refractivity (Wildman–Crippen MR) is 142 cm³/mol. The fraction of sp³-hybridized carbons (Fsp3) is 0.100. The van der Waals surface area contributed by atoms with Crippen LogP contribution in [0.5, 0.6) is 0 Å². The van der Waals surface area contributed by atoms with Crippen molar-refractivity contribution >= 4 is 28.1 Å². The van der Waals surface area contributed by atoms with E-state index in [9.17, 15) is 4.79 Å². The summed E-state index contributed by atoms with van der Waals surface area (Å²) in [4.78, 5) is 10.7. The minimum atomic E-state index is 0.650. The molecule has 2 heterocycles. The number of aromatic nitrogens is 4. The van der Waals surface area contributed by atoms with Gasteiger partial charge in [0, 0.05) is 28.7 Å². The third-order valence-electron chi connectivity index (χ3n) is 5.93. The summed E-state index contributed by atoms with van der Waals surface area (Å²) in [6.45, 7) is 6.23. The Morgan fingerprint density at radius 1 is 0.571 bits per heavy atom. The number of fused-ring (bicyclic) bond motifs is 2. The van der Waals surface area contributed by atoms with Crippen molar-refractivity contribution in [2.45, 2.75) is 20.8 Å². The number of carbonyl (C=O) groups excluding carboxylic acids is 1. The zero-order chi connectivity index (χ0) is 24.4. The lowest BCUT2D eigenvalue weighted by Crippen LogP contribution is -1.93. The predicted octanol–water partition coefficient (Wildman–Crippen LogP) is 6.79. The maximum absolute atomic E-state index is 10.7. The van der Waals surface area contributed by atoms with Gasteiger partial charge >= 0.3 is 0 Å². The van der Waals surface area contributed by atoms with Crippen LogP contribution in [0.4, 0.5) is 0 Å². The molecule has 0 spiro atoms. The highest BCUT2D eigenvalue weighted by atomic mass is 16.1. The van der Waals surface area contributed by atoms with E-state index in [1.54, 1.807) is 12.1 Å². The van der Waals surface area contributed by atoms with Gasteiger partial charge in [0.05, 0.1) is 22.4 Å². The molecule has 0 saturated heterocycles. The first-order chi connectivity index (χ1) is 17.0. The molecule has 172 valence electrons. The second-order valence-corrected chi connectivity index (χ2v) is 8.82. The van der Waals surface area contributed by atoms with Crippen LogP contribution in [0.25, 0.3) is 33.2 Å². The van der Waals surface area contributed by atoms with Gasteiger partial charge in [-0.3, -0.25) is 4.79 Å². The summed E-state index contributed by atoms with van der Waals surface area (Å²) in [5.74, 6) is 0. The van der Waals surface area contributed by atoms with Gasteiger partial charge in [-0.2, -0.15) is 10.2 Å². The summed E-state index contributed by atoms with van der Waals surface area (Å²) >= 11 is 0. The fourth-order valence-electron chi connectivity index (χ4n) is 3.89.